The van der Waals surface area contributed by atoms with Gasteiger partial charge in [0.15, 0.2) is 0 Å². The molecule has 0 aromatic rings. The molecule has 5 nitrogen and oxygen atoms in total. The van der Waals surface area contributed by atoms with Crippen molar-refractivity contribution in [3.05, 3.63) is 0 Å². The lowest BCUT2D eigenvalue weighted by atomic mass is 9.93. The van der Waals surface area contributed by atoms with Crippen LogP contribution in [-0.2, 0) is 14.3 Å². The van der Waals surface area contributed by atoms with Gasteiger partial charge in [0.25, 0.3) is 0 Å². The fourth-order valence-corrected chi connectivity index (χ4v) is 3.04. The maximum Gasteiger partial charge on any atom is 0.323 e. The Morgan fingerprint density at radius 1 is 1.27 bits per heavy atom. The number of hydrogen-bond donors (Lipinski definition) is 1. The lowest BCUT2D eigenvalue weighted by Gasteiger charge is -2.38. The van der Waals surface area contributed by atoms with Crippen LogP contribution in [0.5, 0.6) is 0 Å². The van der Waals surface area contributed by atoms with E-state index in [0.717, 1.165) is 25.9 Å². The van der Waals surface area contributed by atoms with Crippen LogP contribution in [0.2, 0.25) is 0 Å². The van der Waals surface area contributed by atoms with Gasteiger partial charge in [0.05, 0.1) is 6.61 Å². The number of carbonyl (C=O) groups is 2. The maximum atomic E-state index is 12.2. The van der Waals surface area contributed by atoms with E-state index in [1.807, 2.05) is 20.8 Å². The summed E-state index contributed by atoms with van der Waals surface area (Å²) in [7, 11) is 0. The Kier molecular flexibility index (Phi) is 7.87. The molecule has 0 spiro atoms. The van der Waals surface area contributed by atoms with Crippen molar-refractivity contribution in [2.75, 3.05) is 26.2 Å². The van der Waals surface area contributed by atoms with Gasteiger partial charge in [0, 0.05) is 19.0 Å². The molecule has 0 aromatic heterocycles. The van der Waals surface area contributed by atoms with E-state index in [9.17, 15) is 9.59 Å². The summed E-state index contributed by atoms with van der Waals surface area (Å²) in [6.07, 6.45) is 2.16. The predicted molar refractivity (Wildman–Crippen MR) is 87.4 cm³/mol. The van der Waals surface area contributed by atoms with Crippen LogP contribution >= 0.6 is 0 Å². The fraction of sp³-hybridized carbons (Fsp3) is 0.882. The van der Waals surface area contributed by atoms with Gasteiger partial charge in [-0.05, 0) is 38.1 Å². The highest BCUT2D eigenvalue weighted by Gasteiger charge is 2.33. The Bertz CT molecular complexity index is 369. The summed E-state index contributed by atoms with van der Waals surface area (Å²) in [4.78, 5) is 26.2. The van der Waals surface area contributed by atoms with Crippen molar-refractivity contribution in [1.82, 2.24) is 10.2 Å². The van der Waals surface area contributed by atoms with Crippen LogP contribution in [0.25, 0.3) is 0 Å². The van der Waals surface area contributed by atoms with Gasteiger partial charge in [-0.25, -0.2) is 0 Å². The Balaban J connectivity index is 2.59. The summed E-state index contributed by atoms with van der Waals surface area (Å²) in [5.74, 6) is 0.630. The van der Waals surface area contributed by atoms with Crippen molar-refractivity contribution in [3.8, 4) is 0 Å². The van der Waals surface area contributed by atoms with Crippen LogP contribution in [0.3, 0.4) is 0 Å². The number of nitrogens with zero attached hydrogens (tertiary/aromatic N) is 1. The third kappa shape index (κ3) is 5.59. The van der Waals surface area contributed by atoms with E-state index in [2.05, 4.69) is 24.1 Å². The molecule has 1 aliphatic rings. The molecule has 1 rings (SSSR count). The smallest absolute Gasteiger partial charge is 0.323 e. The second-order valence-corrected chi connectivity index (χ2v) is 6.84. The van der Waals surface area contributed by atoms with E-state index in [1.54, 1.807) is 0 Å². The number of hydrogen-bond acceptors (Lipinski definition) is 4. The van der Waals surface area contributed by atoms with Crippen LogP contribution < -0.4 is 5.32 Å². The average Bonchev–Trinajstić information content (AvgIpc) is 2.45. The van der Waals surface area contributed by atoms with E-state index in [1.165, 1.54) is 0 Å². The molecule has 0 aromatic carbocycles. The van der Waals surface area contributed by atoms with Gasteiger partial charge in [-0.15, -0.1) is 0 Å². The van der Waals surface area contributed by atoms with Gasteiger partial charge in [-0.1, -0.05) is 27.7 Å². The SMILES string of the molecule is CCOC(=O)[C@H](C(C)C)N1CCC[C@H](CNC(=O)C(C)C)C1. The largest absolute Gasteiger partial charge is 0.465 e. The highest BCUT2D eigenvalue weighted by atomic mass is 16.5. The maximum absolute atomic E-state index is 12.2. The second-order valence-electron chi connectivity index (χ2n) is 6.84. The molecular weight excluding hydrogens is 280 g/mol. The van der Waals surface area contributed by atoms with E-state index >= 15 is 0 Å². The summed E-state index contributed by atoms with van der Waals surface area (Å²) in [6, 6.07) is -0.177. The molecule has 1 N–H and O–H groups in total. The molecule has 1 saturated heterocycles. The molecule has 5 heteroatoms. The first-order valence-corrected chi connectivity index (χ1v) is 8.55. The van der Waals surface area contributed by atoms with Gasteiger partial charge in [-0.2, -0.15) is 0 Å². The van der Waals surface area contributed by atoms with E-state index in [4.69, 9.17) is 4.74 Å². The molecule has 1 aliphatic heterocycles. The molecule has 0 aliphatic carbocycles. The fourth-order valence-electron chi connectivity index (χ4n) is 3.04. The van der Waals surface area contributed by atoms with Crippen molar-refractivity contribution < 1.29 is 14.3 Å². The molecule has 1 fully saturated rings. The Morgan fingerprint density at radius 2 is 1.95 bits per heavy atom. The second kappa shape index (κ2) is 9.13. The standard InChI is InChI=1S/C17H32N2O3/c1-6-22-17(21)15(12(2)3)19-9-7-8-14(11-19)10-18-16(20)13(4)5/h12-15H,6-11H2,1-5H3,(H,18,20)/t14-,15+/m1/s1. The van der Waals surface area contributed by atoms with Crippen LogP contribution in [0.1, 0.15) is 47.5 Å². The molecule has 1 amide bonds. The minimum Gasteiger partial charge on any atom is -0.465 e. The van der Waals surface area contributed by atoms with Crippen molar-refractivity contribution in [2.24, 2.45) is 17.8 Å². The third-order valence-electron chi connectivity index (χ3n) is 4.19. The lowest BCUT2D eigenvalue weighted by Crippen LogP contribution is -2.51. The van der Waals surface area contributed by atoms with Gasteiger partial charge in [-0.3, -0.25) is 14.5 Å². The van der Waals surface area contributed by atoms with Crippen LogP contribution in [-0.4, -0.2) is 49.1 Å². The van der Waals surface area contributed by atoms with Crippen molar-refractivity contribution >= 4 is 11.9 Å². The molecule has 0 radical (unpaired) electrons. The molecule has 0 saturated carbocycles. The Hall–Kier alpha value is -1.10. The number of carbonyl (C=O) groups excluding carboxylic acids is 2. The molecular formula is C17H32N2O3. The third-order valence-corrected chi connectivity index (χ3v) is 4.19. The minimum atomic E-state index is -0.177. The molecule has 2 atom stereocenters. The quantitative estimate of drug-likeness (QED) is 0.731. The van der Waals surface area contributed by atoms with Crippen LogP contribution in [0.4, 0.5) is 0 Å². The molecule has 1 heterocycles. The summed E-state index contributed by atoms with van der Waals surface area (Å²) >= 11 is 0. The predicted octanol–water partition coefficient (Wildman–Crippen LogP) is 2.06. The highest BCUT2D eigenvalue weighted by Crippen LogP contribution is 2.22. The van der Waals surface area contributed by atoms with E-state index in [0.29, 0.717) is 19.1 Å². The van der Waals surface area contributed by atoms with Gasteiger partial charge in [0.1, 0.15) is 6.04 Å². The molecule has 0 unspecified atom stereocenters. The summed E-state index contributed by atoms with van der Waals surface area (Å²) < 4.78 is 5.23. The van der Waals surface area contributed by atoms with Crippen molar-refractivity contribution in [1.29, 1.82) is 0 Å². The van der Waals surface area contributed by atoms with Gasteiger partial charge < -0.3 is 10.1 Å². The van der Waals surface area contributed by atoms with Gasteiger partial charge >= 0.3 is 5.97 Å². The van der Waals surface area contributed by atoms with Crippen LogP contribution in [0.15, 0.2) is 0 Å². The zero-order valence-electron chi connectivity index (χ0n) is 14.7. The van der Waals surface area contributed by atoms with Crippen LogP contribution in [0, 0.1) is 17.8 Å². The zero-order chi connectivity index (χ0) is 16.7. The summed E-state index contributed by atoms with van der Waals surface area (Å²) in [6.45, 7) is 12.7. The summed E-state index contributed by atoms with van der Waals surface area (Å²) in [5, 5.41) is 3.01. The number of nitrogens with one attached hydrogen (secondary N) is 1. The zero-order valence-corrected chi connectivity index (χ0v) is 14.7. The van der Waals surface area contributed by atoms with Gasteiger partial charge in [0.2, 0.25) is 5.91 Å². The summed E-state index contributed by atoms with van der Waals surface area (Å²) in [5.41, 5.74) is 0. The van der Waals surface area contributed by atoms with E-state index < -0.39 is 0 Å². The minimum absolute atomic E-state index is 0.0163. The first-order valence-electron chi connectivity index (χ1n) is 8.55. The number of piperidine rings is 1. The monoisotopic (exact) mass is 312 g/mol. The van der Waals surface area contributed by atoms with Crippen molar-refractivity contribution in [3.63, 3.8) is 0 Å². The average molecular weight is 312 g/mol. The lowest BCUT2D eigenvalue weighted by molar-refractivity contribution is -0.152. The topological polar surface area (TPSA) is 58.6 Å². The number of esters is 1. The number of likely N-dealkylation sites (tertiary alicyclic amines) is 1. The number of rotatable bonds is 7. The molecule has 22 heavy (non-hydrogen) atoms. The first kappa shape index (κ1) is 18.9. The Labute approximate surface area is 134 Å². The van der Waals surface area contributed by atoms with Crippen molar-refractivity contribution in [2.45, 2.75) is 53.5 Å². The molecule has 128 valence electrons. The first-order chi connectivity index (χ1) is 10.4. The molecule has 0 bridgehead atoms. The normalized spacial score (nSPS) is 21.0. The van der Waals surface area contributed by atoms with E-state index in [-0.39, 0.29) is 29.8 Å². The number of ether oxygens (including phenoxy) is 1. The Morgan fingerprint density at radius 3 is 2.50 bits per heavy atom. The highest BCUT2D eigenvalue weighted by molar-refractivity contribution is 5.77. The number of amides is 1.